The van der Waals surface area contributed by atoms with Crippen LogP contribution in [0.15, 0.2) is 30.3 Å². The average Bonchev–Trinajstić information content (AvgIpc) is 3.07. The number of amides is 2. The zero-order valence-electron chi connectivity index (χ0n) is 9.81. The molecule has 0 aromatic heterocycles. The minimum absolute atomic E-state index is 0. The average molecular weight is 270 g/mol. The monoisotopic (exact) mass is 269 g/mol. The molecule has 0 atom stereocenters. The molecule has 5 nitrogen and oxygen atoms in total. The standard InChI is InChI=1S/C12H15N3O2.ClH/c13-12(6-7-12)11(17)14-8-10(16)15-9-4-2-1-3-5-9;/h1-5H,6-8,13H2,(H,14,17)(H,15,16);1H. The van der Waals surface area contributed by atoms with Crippen LogP contribution in [0.1, 0.15) is 12.8 Å². The van der Waals surface area contributed by atoms with Crippen molar-refractivity contribution in [1.29, 1.82) is 0 Å². The summed E-state index contributed by atoms with van der Waals surface area (Å²) in [6.07, 6.45) is 1.39. The number of carbonyl (C=O) groups is 2. The number of benzene rings is 1. The van der Waals surface area contributed by atoms with Crippen LogP contribution in [0.4, 0.5) is 5.69 Å². The summed E-state index contributed by atoms with van der Waals surface area (Å²) in [6.45, 7) is -0.0489. The Morgan fingerprint density at radius 1 is 1.22 bits per heavy atom. The highest BCUT2D eigenvalue weighted by atomic mass is 35.5. The molecule has 18 heavy (non-hydrogen) atoms. The van der Waals surface area contributed by atoms with Crippen molar-refractivity contribution in [1.82, 2.24) is 5.32 Å². The maximum atomic E-state index is 11.5. The van der Waals surface area contributed by atoms with Gasteiger partial charge in [-0.25, -0.2) is 0 Å². The van der Waals surface area contributed by atoms with E-state index in [0.29, 0.717) is 18.5 Å². The zero-order chi connectivity index (χ0) is 12.3. The van der Waals surface area contributed by atoms with E-state index in [4.69, 9.17) is 5.73 Å². The summed E-state index contributed by atoms with van der Waals surface area (Å²) < 4.78 is 0. The second-order valence-electron chi connectivity index (χ2n) is 4.25. The van der Waals surface area contributed by atoms with Gasteiger partial charge in [-0.1, -0.05) is 18.2 Å². The van der Waals surface area contributed by atoms with Crippen LogP contribution in [0.25, 0.3) is 0 Å². The van der Waals surface area contributed by atoms with E-state index >= 15 is 0 Å². The van der Waals surface area contributed by atoms with Gasteiger partial charge in [-0.3, -0.25) is 9.59 Å². The lowest BCUT2D eigenvalue weighted by atomic mass is 10.3. The summed E-state index contributed by atoms with van der Waals surface area (Å²) in [7, 11) is 0. The highest BCUT2D eigenvalue weighted by Crippen LogP contribution is 2.31. The van der Waals surface area contributed by atoms with Gasteiger partial charge in [0.25, 0.3) is 0 Å². The molecule has 2 rings (SSSR count). The lowest BCUT2D eigenvalue weighted by molar-refractivity contribution is -0.125. The van der Waals surface area contributed by atoms with Crippen LogP contribution >= 0.6 is 12.4 Å². The van der Waals surface area contributed by atoms with Crippen LogP contribution in [0, 0.1) is 0 Å². The Bertz CT molecular complexity index is 432. The van der Waals surface area contributed by atoms with Gasteiger partial charge in [-0.15, -0.1) is 12.4 Å². The van der Waals surface area contributed by atoms with Crippen molar-refractivity contribution >= 4 is 29.9 Å². The highest BCUT2D eigenvalue weighted by Gasteiger charge is 2.45. The number of hydrogen-bond donors (Lipinski definition) is 3. The molecule has 0 unspecified atom stereocenters. The van der Waals surface area contributed by atoms with Gasteiger partial charge < -0.3 is 16.4 Å². The molecule has 0 aliphatic heterocycles. The number of carbonyl (C=O) groups excluding carboxylic acids is 2. The molecule has 6 heteroatoms. The number of nitrogens with one attached hydrogen (secondary N) is 2. The Morgan fingerprint density at radius 2 is 1.83 bits per heavy atom. The summed E-state index contributed by atoms with van der Waals surface area (Å²) in [6, 6.07) is 9.08. The summed E-state index contributed by atoms with van der Waals surface area (Å²) in [5.74, 6) is -0.505. The first kappa shape index (κ1) is 14.5. The van der Waals surface area contributed by atoms with Crippen LogP contribution in [0.2, 0.25) is 0 Å². The van der Waals surface area contributed by atoms with Gasteiger partial charge >= 0.3 is 0 Å². The molecule has 0 bridgehead atoms. The summed E-state index contributed by atoms with van der Waals surface area (Å²) >= 11 is 0. The number of anilines is 1. The number of nitrogens with two attached hydrogens (primary N) is 1. The van der Waals surface area contributed by atoms with Crippen LogP contribution in [0.5, 0.6) is 0 Å². The molecule has 1 saturated carbocycles. The molecule has 1 aliphatic carbocycles. The smallest absolute Gasteiger partial charge is 0.243 e. The van der Waals surface area contributed by atoms with Gasteiger partial charge in [0.15, 0.2) is 0 Å². The first-order valence-electron chi connectivity index (χ1n) is 5.52. The normalized spacial score (nSPS) is 15.2. The van der Waals surface area contributed by atoms with E-state index in [0.717, 1.165) is 0 Å². The molecule has 4 N–H and O–H groups in total. The molecule has 0 heterocycles. The SMILES string of the molecule is Cl.NC1(C(=O)NCC(=O)Nc2ccccc2)CC1. The Morgan fingerprint density at radius 3 is 2.39 bits per heavy atom. The number of halogens is 1. The maximum absolute atomic E-state index is 11.5. The van der Waals surface area contributed by atoms with E-state index < -0.39 is 5.54 Å². The van der Waals surface area contributed by atoms with E-state index in [1.165, 1.54) is 0 Å². The fourth-order valence-electron chi connectivity index (χ4n) is 1.42. The number of rotatable bonds is 4. The molecule has 0 saturated heterocycles. The van der Waals surface area contributed by atoms with Crippen molar-refractivity contribution in [3.63, 3.8) is 0 Å². The predicted octanol–water partition coefficient (Wildman–Crippen LogP) is 0.654. The highest BCUT2D eigenvalue weighted by molar-refractivity contribution is 5.96. The summed E-state index contributed by atoms with van der Waals surface area (Å²) in [5, 5.41) is 5.20. The molecule has 0 radical (unpaired) electrons. The fourth-order valence-corrected chi connectivity index (χ4v) is 1.42. The van der Waals surface area contributed by atoms with E-state index in [2.05, 4.69) is 10.6 Å². The van der Waals surface area contributed by atoms with Gasteiger partial charge in [0.1, 0.15) is 0 Å². The minimum atomic E-state index is -0.729. The quantitative estimate of drug-likeness (QED) is 0.751. The number of hydrogen-bond acceptors (Lipinski definition) is 3. The van der Waals surface area contributed by atoms with Crippen LogP contribution in [-0.2, 0) is 9.59 Å². The minimum Gasteiger partial charge on any atom is -0.345 e. The summed E-state index contributed by atoms with van der Waals surface area (Å²) in [4.78, 5) is 23.0. The van der Waals surface area contributed by atoms with Gasteiger partial charge in [-0.05, 0) is 25.0 Å². The van der Waals surface area contributed by atoms with Gasteiger partial charge in [0.2, 0.25) is 11.8 Å². The largest absolute Gasteiger partial charge is 0.345 e. The van der Waals surface area contributed by atoms with E-state index in [1.807, 2.05) is 18.2 Å². The van der Waals surface area contributed by atoms with Gasteiger partial charge in [-0.2, -0.15) is 0 Å². The second kappa shape index (κ2) is 5.84. The first-order chi connectivity index (χ1) is 8.10. The van der Waals surface area contributed by atoms with Crippen molar-refractivity contribution in [2.45, 2.75) is 18.4 Å². The summed E-state index contributed by atoms with van der Waals surface area (Å²) in [5.41, 5.74) is 5.66. The molecule has 1 aromatic carbocycles. The molecule has 1 aromatic rings. The van der Waals surface area contributed by atoms with E-state index in [9.17, 15) is 9.59 Å². The van der Waals surface area contributed by atoms with Crippen molar-refractivity contribution in [3.8, 4) is 0 Å². The lowest BCUT2D eigenvalue weighted by Crippen LogP contribution is -2.45. The Balaban J connectivity index is 0.00000162. The molecule has 98 valence electrons. The third-order valence-corrected chi connectivity index (χ3v) is 2.71. The topological polar surface area (TPSA) is 84.2 Å². The van der Waals surface area contributed by atoms with Crippen molar-refractivity contribution in [3.05, 3.63) is 30.3 Å². The van der Waals surface area contributed by atoms with Crippen molar-refractivity contribution in [2.24, 2.45) is 5.73 Å². The van der Waals surface area contributed by atoms with Crippen LogP contribution < -0.4 is 16.4 Å². The maximum Gasteiger partial charge on any atom is 0.243 e. The Hall–Kier alpha value is -1.59. The van der Waals surface area contributed by atoms with E-state index in [1.54, 1.807) is 12.1 Å². The molecule has 1 fully saturated rings. The first-order valence-corrected chi connectivity index (χ1v) is 5.52. The molecular formula is C12H16ClN3O2. The molecule has 2 amide bonds. The van der Waals surface area contributed by atoms with Gasteiger partial charge in [0, 0.05) is 5.69 Å². The Labute approximate surface area is 112 Å². The lowest BCUT2D eigenvalue weighted by Gasteiger charge is -2.10. The zero-order valence-corrected chi connectivity index (χ0v) is 10.6. The third-order valence-electron chi connectivity index (χ3n) is 2.71. The molecule has 0 spiro atoms. The fraction of sp³-hybridized carbons (Fsp3) is 0.333. The molecule has 1 aliphatic rings. The molecular weight excluding hydrogens is 254 g/mol. The van der Waals surface area contributed by atoms with Crippen molar-refractivity contribution in [2.75, 3.05) is 11.9 Å². The second-order valence-corrected chi connectivity index (χ2v) is 4.25. The van der Waals surface area contributed by atoms with Crippen LogP contribution in [-0.4, -0.2) is 23.9 Å². The van der Waals surface area contributed by atoms with Crippen LogP contribution in [0.3, 0.4) is 0 Å². The Kier molecular flexibility index (Phi) is 4.69. The van der Waals surface area contributed by atoms with Crippen molar-refractivity contribution < 1.29 is 9.59 Å². The third kappa shape index (κ3) is 3.72. The van der Waals surface area contributed by atoms with E-state index in [-0.39, 0.29) is 30.8 Å². The number of para-hydroxylation sites is 1. The van der Waals surface area contributed by atoms with Gasteiger partial charge in [0.05, 0.1) is 12.1 Å². The predicted molar refractivity (Wildman–Crippen MR) is 71.5 cm³/mol.